The lowest BCUT2D eigenvalue weighted by Crippen LogP contribution is -2.26. The summed E-state index contributed by atoms with van der Waals surface area (Å²) in [5, 5.41) is 19.8. The van der Waals surface area contributed by atoms with Gasteiger partial charge < -0.3 is 19.7 Å². The topological polar surface area (TPSA) is 58.9 Å². The minimum atomic E-state index is 0.0220. The molecule has 2 aromatic carbocycles. The SMILES string of the molecule is OCCOc1ccc([Si]c2ccc(OCCO)cc2)cc1. The van der Waals surface area contributed by atoms with Crippen molar-refractivity contribution in [1.29, 1.82) is 0 Å². The van der Waals surface area contributed by atoms with Crippen LogP contribution in [0.25, 0.3) is 0 Å². The van der Waals surface area contributed by atoms with Gasteiger partial charge >= 0.3 is 0 Å². The average Bonchev–Trinajstić information content (AvgIpc) is 2.53. The van der Waals surface area contributed by atoms with E-state index >= 15 is 0 Å². The molecule has 0 heterocycles. The zero-order chi connectivity index (χ0) is 14.9. The second-order valence-electron chi connectivity index (χ2n) is 4.32. The first-order valence-electron chi connectivity index (χ1n) is 6.76. The van der Waals surface area contributed by atoms with Crippen LogP contribution in [0.4, 0.5) is 0 Å². The highest BCUT2D eigenvalue weighted by atomic mass is 28.2. The Labute approximate surface area is 126 Å². The van der Waals surface area contributed by atoms with Gasteiger partial charge in [0.1, 0.15) is 34.2 Å². The average molecular weight is 302 g/mol. The van der Waals surface area contributed by atoms with Crippen LogP contribution in [0, 0.1) is 0 Å². The van der Waals surface area contributed by atoms with Crippen LogP contribution in [-0.4, -0.2) is 46.2 Å². The van der Waals surface area contributed by atoms with E-state index in [0.717, 1.165) is 11.5 Å². The van der Waals surface area contributed by atoms with E-state index in [2.05, 4.69) is 0 Å². The van der Waals surface area contributed by atoms with Crippen LogP contribution in [0.2, 0.25) is 0 Å². The van der Waals surface area contributed by atoms with Crippen LogP contribution in [0.15, 0.2) is 48.5 Å². The number of rotatable bonds is 8. The Balaban J connectivity index is 1.91. The van der Waals surface area contributed by atoms with Crippen molar-refractivity contribution >= 4 is 19.9 Å². The third kappa shape index (κ3) is 5.22. The van der Waals surface area contributed by atoms with Crippen LogP contribution in [0.1, 0.15) is 0 Å². The van der Waals surface area contributed by atoms with Crippen LogP contribution in [0.5, 0.6) is 11.5 Å². The second-order valence-corrected chi connectivity index (χ2v) is 5.72. The van der Waals surface area contributed by atoms with Crippen molar-refractivity contribution in [2.24, 2.45) is 0 Å². The van der Waals surface area contributed by atoms with Gasteiger partial charge in [-0.05, 0) is 24.3 Å². The summed E-state index contributed by atoms with van der Waals surface area (Å²) in [5.41, 5.74) is 0. The third-order valence-electron chi connectivity index (χ3n) is 2.72. The maximum absolute atomic E-state index is 8.71. The molecule has 0 bridgehead atoms. The van der Waals surface area contributed by atoms with Gasteiger partial charge in [0.2, 0.25) is 0 Å². The predicted molar refractivity (Wildman–Crippen MR) is 83.1 cm³/mol. The molecule has 0 aliphatic carbocycles. The monoisotopic (exact) mass is 302 g/mol. The number of benzene rings is 2. The quantitative estimate of drug-likeness (QED) is 0.678. The zero-order valence-electron chi connectivity index (χ0n) is 11.7. The number of ether oxygens (including phenoxy) is 2. The summed E-state index contributed by atoms with van der Waals surface area (Å²) in [7, 11) is 0.564. The fraction of sp³-hybridized carbons (Fsp3) is 0.250. The van der Waals surface area contributed by atoms with E-state index in [0.29, 0.717) is 22.7 Å². The molecule has 2 radical (unpaired) electrons. The van der Waals surface area contributed by atoms with Gasteiger partial charge in [-0.15, -0.1) is 0 Å². The molecule has 2 aromatic rings. The Kier molecular flexibility index (Phi) is 6.27. The molecule has 0 spiro atoms. The summed E-state index contributed by atoms with van der Waals surface area (Å²) < 4.78 is 10.7. The molecule has 0 amide bonds. The van der Waals surface area contributed by atoms with Crippen molar-refractivity contribution < 1.29 is 19.7 Å². The molecule has 2 rings (SSSR count). The van der Waals surface area contributed by atoms with Crippen LogP contribution in [-0.2, 0) is 0 Å². The molecule has 5 heteroatoms. The molecule has 0 unspecified atom stereocenters. The molecule has 4 nitrogen and oxygen atoms in total. The molecule has 0 saturated heterocycles. The largest absolute Gasteiger partial charge is 0.491 e. The first-order valence-corrected chi connectivity index (χ1v) is 7.76. The number of hydrogen-bond donors (Lipinski definition) is 2. The normalized spacial score (nSPS) is 10.4. The van der Waals surface area contributed by atoms with Crippen LogP contribution >= 0.6 is 0 Å². The molecule has 0 aliphatic heterocycles. The number of aliphatic hydroxyl groups is 2. The Hall–Kier alpha value is -1.82. The fourth-order valence-corrected chi connectivity index (χ4v) is 2.76. The molecule has 2 N–H and O–H groups in total. The Morgan fingerprint density at radius 3 is 1.38 bits per heavy atom. The van der Waals surface area contributed by atoms with Gasteiger partial charge in [-0.1, -0.05) is 34.6 Å². The van der Waals surface area contributed by atoms with E-state index < -0.39 is 0 Å². The lowest BCUT2D eigenvalue weighted by atomic mass is 10.3. The van der Waals surface area contributed by atoms with Gasteiger partial charge in [0.25, 0.3) is 0 Å². The smallest absolute Gasteiger partial charge is 0.121 e. The first kappa shape index (κ1) is 15.6. The van der Waals surface area contributed by atoms with E-state index in [1.165, 1.54) is 10.4 Å². The predicted octanol–water partition coefficient (Wildman–Crippen LogP) is 0.0838. The molecular weight excluding hydrogens is 284 g/mol. The van der Waals surface area contributed by atoms with Crippen molar-refractivity contribution in [3.05, 3.63) is 48.5 Å². The summed E-state index contributed by atoms with van der Waals surface area (Å²) in [4.78, 5) is 0. The Morgan fingerprint density at radius 2 is 1.05 bits per heavy atom. The lowest BCUT2D eigenvalue weighted by Gasteiger charge is -2.07. The third-order valence-corrected chi connectivity index (χ3v) is 3.96. The van der Waals surface area contributed by atoms with Crippen LogP contribution in [0.3, 0.4) is 0 Å². The minimum Gasteiger partial charge on any atom is -0.491 e. The van der Waals surface area contributed by atoms with E-state index in [9.17, 15) is 0 Å². The number of hydrogen-bond acceptors (Lipinski definition) is 4. The van der Waals surface area contributed by atoms with Gasteiger partial charge in [-0.25, -0.2) is 0 Å². The van der Waals surface area contributed by atoms with Crippen molar-refractivity contribution in [2.45, 2.75) is 0 Å². The van der Waals surface area contributed by atoms with Crippen LogP contribution < -0.4 is 19.8 Å². The molecule has 21 heavy (non-hydrogen) atoms. The van der Waals surface area contributed by atoms with Gasteiger partial charge in [-0.2, -0.15) is 0 Å². The molecule has 0 aromatic heterocycles. The first-order chi connectivity index (χ1) is 10.3. The highest BCUT2D eigenvalue weighted by Crippen LogP contribution is 2.08. The minimum absolute atomic E-state index is 0.0220. The highest BCUT2D eigenvalue weighted by molar-refractivity contribution is 6.67. The second kappa shape index (κ2) is 8.46. The molecular formula is C16H18O4Si. The summed E-state index contributed by atoms with van der Waals surface area (Å²) in [6.07, 6.45) is 0. The standard InChI is InChI=1S/C16H18O4Si/c17-9-11-19-13-1-5-15(6-2-13)21-16-7-3-14(4-8-16)20-12-10-18/h1-8,17-18H,9-12H2. The fourth-order valence-electron chi connectivity index (χ4n) is 1.76. The maximum Gasteiger partial charge on any atom is 0.121 e. The Morgan fingerprint density at radius 1 is 0.667 bits per heavy atom. The Bertz CT molecular complexity index is 475. The molecule has 0 saturated carbocycles. The van der Waals surface area contributed by atoms with Gasteiger partial charge in [0, 0.05) is 0 Å². The highest BCUT2D eigenvalue weighted by Gasteiger charge is 2.01. The molecule has 0 aliphatic rings. The van der Waals surface area contributed by atoms with E-state index in [4.69, 9.17) is 19.7 Å². The van der Waals surface area contributed by atoms with E-state index in [1.54, 1.807) is 0 Å². The summed E-state index contributed by atoms with van der Waals surface area (Å²) >= 11 is 0. The molecule has 110 valence electrons. The van der Waals surface area contributed by atoms with Crippen molar-refractivity contribution in [3.63, 3.8) is 0 Å². The van der Waals surface area contributed by atoms with E-state index in [1.807, 2.05) is 48.5 Å². The van der Waals surface area contributed by atoms with Gasteiger partial charge in [0.15, 0.2) is 0 Å². The summed E-state index contributed by atoms with van der Waals surface area (Å²) in [6.45, 7) is 0.677. The molecule has 0 fully saturated rings. The van der Waals surface area contributed by atoms with Crippen molar-refractivity contribution in [2.75, 3.05) is 26.4 Å². The van der Waals surface area contributed by atoms with E-state index in [-0.39, 0.29) is 13.2 Å². The molecule has 0 atom stereocenters. The summed E-state index contributed by atoms with van der Waals surface area (Å²) in [6, 6.07) is 15.8. The lowest BCUT2D eigenvalue weighted by molar-refractivity contribution is 0.201. The van der Waals surface area contributed by atoms with Crippen molar-refractivity contribution in [3.8, 4) is 11.5 Å². The van der Waals surface area contributed by atoms with Gasteiger partial charge in [0.05, 0.1) is 13.2 Å². The van der Waals surface area contributed by atoms with Gasteiger partial charge in [-0.3, -0.25) is 0 Å². The maximum atomic E-state index is 8.71. The summed E-state index contributed by atoms with van der Waals surface area (Å²) in [5.74, 6) is 1.54. The number of aliphatic hydroxyl groups excluding tert-OH is 2. The zero-order valence-corrected chi connectivity index (χ0v) is 12.7. The van der Waals surface area contributed by atoms with Crippen molar-refractivity contribution in [1.82, 2.24) is 0 Å².